The van der Waals surface area contributed by atoms with Crippen LogP contribution in [-0.4, -0.2) is 35.4 Å². The summed E-state index contributed by atoms with van der Waals surface area (Å²) in [4.78, 5) is 4.74. The van der Waals surface area contributed by atoms with E-state index < -0.39 is 0 Å². The SMILES string of the molecule is CCNC(=NCC1(c2cccc(F)c2)CC1)NCCc1cnn(C)c1.I. The maximum atomic E-state index is 13.5. The fraction of sp³-hybridized carbons (Fsp3) is 0.474. The highest BCUT2D eigenvalue weighted by atomic mass is 127. The Hall–Kier alpha value is -1.64. The second-order valence-electron chi connectivity index (χ2n) is 6.68. The second-order valence-corrected chi connectivity index (χ2v) is 6.68. The van der Waals surface area contributed by atoms with Gasteiger partial charge in [0.2, 0.25) is 0 Å². The molecule has 7 heteroatoms. The minimum atomic E-state index is -0.172. The van der Waals surface area contributed by atoms with Gasteiger partial charge in [0.25, 0.3) is 0 Å². The number of rotatable bonds is 7. The van der Waals surface area contributed by atoms with E-state index in [1.165, 1.54) is 11.6 Å². The van der Waals surface area contributed by atoms with E-state index in [0.29, 0.717) is 6.54 Å². The highest BCUT2D eigenvalue weighted by Gasteiger charge is 2.44. The van der Waals surface area contributed by atoms with Crippen molar-refractivity contribution < 1.29 is 4.39 Å². The predicted molar refractivity (Wildman–Crippen MR) is 114 cm³/mol. The Kier molecular flexibility index (Phi) is 7.43. The average molecular weight is 471 g/mol. The predicted octanol–water partition coefficient (Wildman–Crippen LogP) is 3.01. The Bertz CT molecular complexity index is 739. The zero-order chi connectivity index (χ0) is 17.7. The zero-order valence-corrected chi connectivity index (χ0v) is 17.7. The monoisotopic (exact) mass is 471 g/mol. The molecule has 142 valence electrons. The molecule has 1 aromatic carbocycles. The third-order valence-corrected chi connectivity index (χ3v) is 4.64. The van der Waals surface area contributed by atoms with Gasteiger partial charge in [0.15, 0.2) is 5.96 Å². The van der Waals surface area contributed by atoms with E-state index in [0.717, 1.165) is 43.9 Å². The van der Waals surface area contributed by atoms with Gasteiger partial charge in [-0.25, -0.2) is 4.39 Å². The van der Waals surface area contributed by atoms with Crippen LogP contribution in [0.1, 0.15) is 30.9 Å². The molecule has 2 aromatic rings. The smallest absolute Gasteiger partial charge is 0.191 e. The summed E-state index contributed by atoms with van der Waals surface area (Å²) in [5.74, 6) is 0.642. The van der Waals surface area contributed by atoms with E-state index in [1.54, 1.807) is 12.1 Å². The van der Waals surface area contributed by atoms with Crippen LogP contribution < -0.4 is 10.6 Å². The summed E-state index contributed by atoms with van der Waals surface area (Å²) in [7, 11) is 1.92. The van der Waals surface area contributed by atoms with Gasteiger partial charge in [-0.2, -0.15) is 5.10 Å². The van der Waals surface area contributed by atoms with Gasteiger partial charge in [-0.05, 0) is 49.4 Å². The van der Waals surface area contributed by atoms with Gasteiger partial charge in [0, 0.05) is 31.7 Å². The Morgan fingerprint density at radius 2 is 2.15 bits per heavy atom. The lowest BCUT2D eigenvalue weighted by Crippen LogP contribution is -2.39. The summed E-state index contributed by atoms with van der Waals surface area (Å²) < 4.78 is 15.3. The van der Waals surface area contributed by atoms with E-state index in [4.69, 9.17) is 4.99 Å². The van der Waals surface area contributed by atoms with Crippen LogP contribution in [0, 0.1) is 5.82 Å². The van der Waals surface area contributed by atoms with Crippen LogP contribution in [-0.2, 0) is 18.9 Å². The molecular formula is C19H27FIN5. The van der Waals surface area contributed by atoms with Crippen molar-refractivity contribution in [1.29, 1.82) is 0 Å². The van der Waals surface area contributed by atoms with Crippen molar-refractivity contribution in [2.24, 2.45) is 12.0 Å². The van der Waals surface area contributed by atoms with Crippen molar-refractivity contribution in [2.75, 3.05) is 19.6 Å². The van der Waals surface area contributed by atoms with Gasteiger partial charge in [-0.1, -0.05) is 12.1 Å². The molecule has 3 rings (SSSR count). The lowest BCUT2D eigenvalue weighted by molar-refractivity contribution is 0.615. The van der Waals surface area contributed by atoms with Gasteiger partial charge in [0.05, 0.1) is 12.7 Å². The van der Waals surface area contributed by atoms with Crippen molar-refractivity contribution in [3.8, 4) is 0 Å². The molecule has 0 spiro atoms. The molecule has 1 fully saturated rings. The van der Waals surface area contributed by atoms with E-state index in [2.05, 4.69) is 22.7 Å². The molecule has 0 radical (unpaired) electrons. The van der Waals surface area contributed by atoms with Crippen LogP contribution in [0.15, 0.2) is 41.7 Å². The molecule has 5 nitrogen and oxygen atoms in total. The number of halogens is 2. The quantitative estimate of drug-likeness (QED) is 0.371. The van der Waals surface area contributed by atoms with Crippen LogP contribution in [0.25, 0.3) is 0 Å². The number of aliphatic imine (C=N–C) groups is 1. The van der Waals surface area contributed by atoms with Crippen LogP contribution in [0.4, 0.5) is 4.39 Å². The molecule has 26 heavy (non-hydrogen) atoms. The number of nitrogens with zero attached hydrogens (tertiary/aromatic N) is 3. The zero-order valence-electron chi connectivity index (χ0n) is 15.3. The summed E-state index contributed by atoms with van der Waals surface area (Å²) in [6, 6.07) is 6.93. The van der Waals surface area contributed by atoms with Crippen molar-refractivity contribution >= 4 is 29.9 Å². The number of aryl methyl sites for hydroxylation is 1. The van der Waals surface area contributed by atoms with E-state index in [1.807, 2.05) is 30.2 Å². The molecular weight excluding hydrogens is 444 g/mol. The average Bonchev–Trinajstić information content (AvgIpc) is 3.28. The maximum absolute atomic E-state index is 13.5. The van der Waals surface area contributed by atoms with Crippen LogP contribution in [0.5, 0.6) is 0 Å². The first-order valence-corrected chi connectivity index (χ1v) is 8.87. The first-order chi connectivity index (χ1) is 12.1. The van der Waals surface area contributed by atoms with Gasteiger partial charge in [-0.15, -0.1) is 24.0 Å². The van der Waals surface area contributed by atoms with Crippen LogP contribution in [0.3, 0.4) is 0 Å². The van der Waals surface area contributed by atoms with Crippen LogP contribution in [0.2, 0.25) is 0 Å². The molecule has 0 aliphatic heterocycles. The molecule has 0 atom stereocenters. The van der Waals surface area contributed by atoms with Crippen molar-refractivity contribution in [2.45, 2.75) is 31.6 Å². The number of hydrogen-bond acceptors (Lipinski definition) is 2. The Morgan fingerprint density at radius 3 is 2.77 bits per heavy atom. The lowest BCUT2D eigenvalue weighted by Gasteiger charge is -2.16. The molecule has 0 bridgehead atoms. The number of nitrogens with one attached hydrogen (secondary N) is 2. The minimum absolute atomic E-state index is 0. The molecule has 1 aliphatic carbocycles. The van der Waals surface area contributed by atoms with Crippen molar-refractivity contribution in [3.63, 3.8) is 0 Å². The third-order valence-electron chi connectivity index (χ3n) is 4.64. The minimum Gasteiger partial charge on any atom is -0.357 e. The van der Waals surface area contributed by atoms with E-state index in [-0.39, 0.29) is 35.2 Å². The summed E-state index contributed by atoms with van der Waals surface area (Å²) in [5.41, 5.74) is 2.26. The van der Waals surface area contributed by atoms with Gasteiger partial charge in [-0.3, -0.25) is 9.67 Å². The summed E-state index contributed by atoms with van der Waals surface area (Å²) in [6.45, 7) is 4.34. The molecule has 0 unspecified atom stereocenters. The molecule has 2 N–H and O–H groups in total. The normalized spacial score (nSPS) is 15.3. The molecule has 1 aliphatic rings. The fourth-order valence-electron chi connectivity index (χ4n) is 3.01. The summed E-state index contributed by atoms with van der Waals surface area (Å²) in [5, 5.41) is 10.8. The van der Waals surface area contributed by atoms with Crippen molar-refractivity contribution in [1.82, 2.24) is 20.4 Å². The van der Waals surface area contributed by atoms with Crippen LogP contribution >= 0.6 is 24.0 Å². The van der Waals surface area contributed by atoms with Gasteiger partial charge >= 0.3 is 0 Å². The maximum Gasteiger partial charge on any atom is 0.191 e. The molecule has 0 amide bonds. The Balaban J connectivity index is 0.00000243. The second kappa shape index (κ2) is 9.34. The Morgan fingerprint density at radius 1 is 1.35 bits per heavy atom. The lowest BCUT2D eigenvalue weighted by atomic mass is 9.96. The van der Waals surface area contributed by atoms with Gasteiger partial charge < -0.3 is 10.6 Å². The third kappa shape index (κ3) is 5.43. The topological polar surface area (TPSA) is 54.2 Å². The summed E-state index contributed by atoms with van der Waals surface area (Å²) in [6.07, 6.45) is 6.93. The largest absolute Gasteiger partial charge is 0.357 e. The fourth-order valence-corrected chi connectivity index (χ4v) is 3.01. The highest BCUT2D eigenvalue weighted by Crippen LogP contribution is 2.48. The standard InChI is InChI=1S/C19H26FN5.HI/c1-3-21-18(22-10-7-15-12-24-25(2)13-15)23-14-19(8-9-19)16-5-4-6-17(20)11-16;/h4-6,11-13H,3,7-10,14H2,1-2H3,(H2,21,22,23);1H. The summed E-state index contributed by atoms with van der Waals surface area (Å²) >= 11 is 0. The number of benzene rings is 1. The van der Waals surface area contributed by atoms with Gasteiger partial charge in [0.1, 0.15) is 5.82 Å². The number of aromatic nitrogens is 2. The highest BCUT2D eigenvalue weighted by molar-refractivity contribution is 14.0. The number of hydrogen-bond donors (Lipinski definition) is 2. The molecule has 1 aromatic heterocycles. The first-order valence-electron chi connectivity index (χ1n) is 8.87. The van der Waals surface area contributed by atoms with Crippen molar-refractivity contribution in [3.05, 3.63) is 53.6 Å². The molecule has 1 saturated carbocycles. The molecule has 1 heterocycles. The molecule has 0 saturated heterocycles. The Labute approximate surface area is 171 Å². The number of guanidine groups is 1. The van der Waals surface area contributed by atoms with E-state index >= 15 is 0 Å². The first kappa shape index (κ1) is 20.7. The van der Waals surface area contributed by atoms with E-state index in [9.17, 15) is 4.39 Å².